The van der Waals surface area contributed by atoms with E-state index in [1.807, 2.05) is 36.4 Å². The number of nitrogens with zero attached hydrogens (tertiary/aromatic N) is 3. The van der Waals surface area contributed by atoms with Gasteiger partial charge >= 0.3 is 0 Å². The van der Waals surface area contributed by atoms with E-state index in [-0.39, 0.29) is 5.69 Å². The van der Waals surface area contributed by atoms with Crippen LogP contribution < -0.4 is 9.47 Å². The van der Waals surface area contributed by atoms with Crippen molar-refractivity contribution < 1.29 is 14.4 Å². The lowest BCUT2D eigenvalue weighted by Gasteiger charge is -2.09. The fourth-order valence-corrected chi connectivity index (χ4v) is 3.21. The second-order valence-corrected chi connectivity index (χ2v) is 7.11. The summed E-state index contributed by atoms with van der Waals surface area (Å²) in [5, 5.41) is 10.9. The molecule has 2 heterocycles. The number of rotatable bonds is 9. The molecule has 0 amide bonds. The summed E-state index contributed by atoms with van der Waals surface area (Å²) in [7, 11) is 0. The number of pyridine rings is 1. The third-order valence-corrected chi connectivity index (χ3v) is 4.95. The highest BCUT2D eigenvalue weighted by atomic mass is 16.6. The van der Waals surface area contributed by atoms with Crippen molar-refractivity contribution in [1.29, 1.82) is 0 Å². The zero-order valence-electron chi connectivity index (χ0n) is 17.2. The van der Waals surface area contributed by atoms with Gasteiger partial charge in [0.25, 0.3) is 5.69 Å². The number of fused-ring (bicyclic) bond motifs is 1. The molecule has 4 aromatic rings. The van der Waals surface area contributed by atoms with Crippen LogP contribution in [-0.2, 0) is 6.42 Å². The highest BCUT2D eigenvalue weighted by Crippen LogP contribution is 2.23. The van der Waals surface area contributed by atoms with Crippen molar-refractivity contribution >= 4 is 11.3 Å². The summed E-state index contributed by atoms with van der Waals surface area (Å²) >= 11 is 0. The number of benzene rings is 2. The van der Waals surface area contributed by atoms with Crippen molar-refractivity contribution in [3.63, 3.8) is 0 Å². The summed E-state index contributed by atoms with van der Waals surface area (Å²) in [6, 6.07) is 18.9. The molecule has 0 saturated carbocycles. The Kier molecular flexibility index (Phi) is 6.12. The van der Waals surface area contributed by atoms with Crippen molar-refractivity contribution in [2.45, 2.75) is 19.8 Å². The molecule has 0 radical (unpaired) electrons. The first kappa shape index (κ1) is 20.4. The smallest absolute Gasteiger partial charge is 0.286 e. The second-order valence-electron chi connectivity index (χ2n) is 7.11. The molecule has 7 nitrogen and oxygen atoms in total. The van der Waals surface area contributed by atoms with E-state index in [1.165, 1.54) is 17.8 Å². The summed E-state index contributed by atoms with van der Waals surface area (Å²) in [5.74, 6) is 1.65. The van der Waals surface area contributed by atoms with Gasteiger partial charge in [-0.1, -0.05) is 19.1 Å². The summed E-state index contributed by atoms with van der Waals surface area (Å²) in [6.07, 6.45) is 5.04. The minimum Gasteiger partial charge on any atom is -0.493 e. The molecule has 0 unspecified atom stereocenters. The quantitative estimate of drug-likeness (QED) is 0.209. The van der Waals surface area contributed by atoms with Crippen LogP contribution in [-0.4, -0.2) is 27.5 Å². The zero-order valence-corrected chi connectivity index (χ0v) is 17.2. The van der Waals surface area contributed by atoms with Crippen molar-refractivity contribution in [1.82, 2.24) is 9.38 Å². The molecule has 0 atom stereocenters. The first-order chi connectivity index (χ1) is 15.1. The lowest BCUT2D eigenvalue weighted by Crippen LogP contribution is -2.05. The first-order valence-electron chi connectivity index (χ1n) is 10.2. The predicted octanol–water partition coefficient (Wildman–Crippen LogP) is 5.32. The third kappa shape index (κ3) is 5.01. The number of imidazole rings is 1. The highest BCUT2D eigenvalue weighted by molar-refractivity contribution is 5.63. The van der Waals surface area contributed by atoms with Gasteiger partial charge in [0.05, 0.1) is 30.0 Å². The van der Waals surface area contributed by atoms with Gasteiger partial charge in [-0.05, 0) is 54.4 Å². The largest absolute Gasteiger partial charge is 0.493 e. The molecule has 0 aliphatic heterocycles. The lowest BCUT2D eigenvalue weighted by molar-refractivity contribution is -0.385. The summed E-state index contributed by atoms with van der Waals surface area (Å²) < 4.78 is 13.2. The minimum atomic E-state index is -0.418. The molecule has 0 N–H and O–H groups in total. The van der Waals surface area contributed by atoms with Crippen LogP contribution in [0, 0.1) is 10.1 Å². The third-order valence-electron chi connectivity index (χ3n) is 4.95. The van der Waals surface area contributed by atoms with Crippen molar-refractivity contribution in [3.8, 4) is 22.8 Å². The highest BCUT2D eigenvalue weighted by Gasteiger charge is 2.10. The average Bonchev–Trinajstić information content (AvgIpc) is 3.23. The SMILES string of the molecule is CCc1ccc(OCCCOc2ccc(-c3cn4cc([N+](=O)[O-])ccc4n3)cc2)cc1. The molecule has 0 aliphatic carbocycles. The Morgan fingerprint density at radius 3 is 2.16 bits per heavy atom. The predicted molar refractivity (Wildman–Crippen MR) is 119 cm³/mol. The molecule has 158 valence electrons. The van der Waals surface area contributed by atoms with E-state index in [1.54, 1.807) is 16.7 Å². The molecular formula is C24H23N3O4. The van der Waals surface area contributed by atoms with Crippen LogP contribution in [0.2, 0.25) is 0 Å². The average molecular weight is 417 g/mol. The maximum Gasteiger partial charge on any atom is 0.286 e. The lowest BCUT2D eigenvalue weighted by atomic mass is 10.2. The first-order valence-corrected chi connectivity index (χ1v) is 10.2. The normalized spacial score (nSPS) is 10.9. The molecule has 0 bridgehead atoms. The number of hydrogen-bond acceptors (Lipinski definition) is 5. The number of aryl methyl sites for hydroxylation is 1. The Morgan fingerprint density at radius 1 is 0.903 bits per heavy atom. The maximum atomic E-state index is 10.9. The van der Waals surface area contributed by atoms with Gasteiger partial charge in [-0.2, -0.15) is 0 Å². The minimum absolute atomic E-state index is 0.0298. The Hall–Kier alpha value is -3.87. The number of aromatic nitrogens is 2. The molecule has 0 spiro atoms. The summed E-state index contributed by atoms with van der Waals surface area (Å²) in [5.41, 5.74) is 3.64. The fourth-order valence-electron chi connectivity index (χ4n) is 3.21. The molecule has 7 heteroatoms. The standard InChI is InChI=1S/C24H23N3O4/c1-2-18-4-9-21(10-5-18)30-14-3-15-31-22-11-6-19(7-12-22)23-17-26-16-20(27(28)29)8-13-24(26)25-23/h4-13,16-17H,2-3,14-15H2,1H3. The van der Waals surface area contributed by atoms with Gasteiger partial charge in [-0.15, -0.1) is 0 Å². The molecular weight excluding hydrogens is 394 g/mol. The number of ether oxygens (including phenoxy) is 2. The van der Waals surface area contributed by atoms with Gasteiger partial charge in [-0.3, -0.25) is 14.5 Å². The fraction of sp³-hybridized carbons (Fsp3) is 0.208. The Morgan fingerprint density at radius 2 is 1.55 bits per heavy atom. The van der Waals surface area contributed by atoms with Crippen LogP contribution in [0.4, 0.5) is 5.69 Å². The molecule has 0 fully saturated rings. The molecule has 0 saturated heterocycles. The van der Waals surface area contributed by atoms with Crippen LogP contribution in [0.1, 0.15) is 18.9 Å². The van der Waals surface area contributed by atoms with E-state index in [2.05, 4.69) is 24.0 Å². The van der Waals surface area contributed by atoms with Gasteiger partial charge in [0.1, 0.15) is 17.1 Å². The number of nitro groups is 1. The van der Waals surface area contributed by atoms with Gasteiger partial charge < -0.3 is 9.47 Å². The van der Waals surface area contributed by atoms with E-state index in [4.69, 9.17) is 9.47 Å². The van der Waals surface area contributed by atoms with Gasteiger partial charge in [0.15, 0.2) is 0 Å². The Labute approximate surface area is 180 Å². The molecule has 0 aliphatic rings. The van der Waals surface area contributed by atoms with Crippen LogP contribution >= 0.6 is 0 Å². The van der Waals surface area contributed by atoms with Crippen molar-refractivity contribution in [3.05, 3.63) is 88.7 Å². The van der Waals surface area contributed by atoms with Gasteiger partial charge in [0, 0.05) is 24.2 Å². The molecule has 4 rings (SSSR count). The van der Waals surface area contributed by atoms with E-state index < -0.39 is 4.92 Å². The molecule has 31 heavy (non-hydrogen) atoms. The van der Waals surface area contributed by atoms with Crippen molar-refractivity contribution in [2.75, 3.05) is 13.2 Å². The van der Waals surface area contributed by atoms with Gasteiger partial charge in [-0.25, -0.2) is 4.98 Å². The van der Waals surface area contributed by atoms with Crippen molar-refractivity contribution in [2.24, 2.45) is 0 Å². The molecule has 2 aromatic heterocycles. The summed E-state index contributed by atoms with van der Waals surface area (Å²) in [4.78, 5) is 15.0. The molecule has 2 aromatic carbocycles. The van der Waals surface area contributed by atoms with Crippen LogP contribution in [0.3, 0.4) is 0 Å². The topological polar surface area (TPSA) is 78.9 Å². The Balaban J connectivity index is 1.29. The second kappa shape index (κ2) is 9.30. The summed E-state index contributed by atoms with van der Waals surface area (Å²) in [6.45, 7) is 3.28. The van der Waals surface area contributed by atoms with Gasteiger partial charge in [0.2, 0.25) is 0 Å². The zero-order chi connectivity index (χ0) is 21.6. The van der Waals surface area contributed by atoms with E-state index in [9.17, 15) is 10.1 Å². The monoisotopic (exact) mass is 417 g/mol. The Bertz CT molecular complexity index is 1170. The van der Waals surface area contributed by atoms with E-state index in [0.717, 1.165) is 35.6 Å². The van der Waals surface area contributed by atoms with Crippen LogP contribution in [0.15, 0.2) is 73.1 Å². The van der Waals surface area contributed by atoms with E-state index >= 15 is 0 Å². The van der Waals surface area contributed by atoms with E-state index in [0.29, 0.717) is 18.9 Å². The number of hydrogen-bond donors (Lipinski definition) is 0. The van der Waals surface area contributed by atoms with Crippen LogP contribution in [0.25, 0.3) is 16.9 Å². The maximum absolute atomic E-state index is 10.9. The van der Waals surface area contributed by atoms with Crippen LogP contribution in [0.5, 0.6) is 11.5 Å².